The van der Waals surface area contributed by atoms with E-state index < -0.39 is 5.97 Å². The SMILES string of the molecule is CCCCCCCCCCCCOc1ccc(Cn2cc(CCCCCCCCCCC(=O)O)nn2)cc1OCCCCCCCCCCCC. The van der Waals surface area contributed by atoms with Gasteiger partial charge >= 0.3 is 5.97 Å². The molecule has 0 amide bonds. The van der Waals surface area contributed by atoms with Crippen molar-refractivity contribution in [3.8, 4) is 11.5 Å². The number of hydrogen-bond acceptors (Lipinski definition) is 5. The topological polar surface area (TPSA) is 86.5 Å². The maximum absolute atomic E-state index is 10.6. The van der Waals surface area contributed by atoms with Crippen LogP contribution in [0.5, 0.6) is 11.5 Å². The quantitative estimate of drug-likeness (QED) is 0.0702. The lowest BCUT2D eigenvalue weighted by atomic mass is 10.1. The number of aromatic nitrogens is 3. The molecule has 0 radical (unpaired) electrons. The number of ether oxygens (including phenoxy) is 2. The predicted molar refractivity (Wildman–Crippen MR) is 213 cm³/mol. The first-order chi connectivity index (χ1) is 25.1. The van der Waals surface area contributed by atoms with Crippen molar-refractivity contribution in [3.05, 3.63) is 35.7 Å². The second kappa shape index (κ2) is 32.1. The van der Waals surface area contributed by atoms with E-state index in [0.29, 0.717) is 13.0 Å². The fourth-order valence-electron chi connectivity index (χ4n) is 6.79. The van der Waals surface area contributed by atoms with Crippen molar-refractivity contribution in [2.75, 3.05) is 13.2 Å². The van der Waals surface area contributed by atoms with Gasteiger partial charge in [0.2, 0.25) is 0 Å². The van der Waals surface area contributed by atoms with Crippen LogP contribution in [0.25, 0.3) is 0 Å². The summed E-state index contributed by atoms with van der Waals surface area (Å²) in [5, 5.41) is 17.6. The summed E-state index contributed by atoms with van der Waals surface area (Å²) in [4.78, 5) is 10.6. The van der Waals surface area contributed by atoms with Crippen LogP contribution in [0.4, 0.5) is 0 Å². The van der Waals surface area contributed by atoms with Gasteiger partial charge in [-0.2, -0.15) is 0 Å². The standard InChI is InChI=1S/C44H77N3O4/c1-3-5-7-9-11-13-17-21-25-29-35-50-42-34-33-40(37-43(42)51-36-30-26-22-18-14-12-10-8-6-4-2)38-47-39-41(45-46-47)31-27-23-19-15-16-20-24-28-32-44(48)49/h33-34,37,39H,3-32,35-36,38H2,1-2H3,(H,48,49). The predicted octanol–water partition coefficient (Wildman–Crippen LogP) is 13.1. The highest BCUT2D eigenvalue weighted by Crippen LogP contribution is 2.30. The lowest BCUT2D eigenvalue weighted by Gasteiger charge is -2.14. The van der Waals surface area contributed by atoms with Crippen molar-refractivity contribution in [1.82, 2.24) is 15.0 Å². The number of unbranched alkanes of at least 4 members (excludes halogenated alkanes) is 25. The molecule has 292 valence electrons. The molecule has 0 fully saturated rings. The van der Waals surface area contributed by atoms with E-state index in [1.807, 2.05) is 4.68 Å². The van der Waals surface area contributed by atoms with E-state index in [9.17, 15) is 4.79 Å². The number of aryl methyl sites for hydroxylation is 1. The first kappa shape index (κ1) is 44.6. The Morgan fingerprint density at radius 2 is 1.04 bits per heavy atom. The number of hydrogen-bond donors (Lipinski definition) is 1. The molecule has 0 spiro atoms. The summed E-state index contributed by atoms with van der Waals surface area (Å²) in [5.41, 5.74) is 2.21. The van der Waals surface area contributed by atoms with Gasteiger partial charge in [-0.25, -0.2) is 4.68 Å². The second-order valence-electron chi connectivity index (χ2n) is 15.0. The molecular weight excluding hydrogens is 635 g/mol. The Balaban J connectivity index is 1.74. The first-order valence-corrected chi connectivity index (χ1v) is 21.6. The minimum Gasteiger partial charge on any atom is -0.490 e. The number of nitrogens with zero attached hydrogens (tertiary/aromatic N) is 3. The van der Waals surface area contributed by atoms with Crippen LogP contribution in [0.2, 0.25) is 0 Å². The van der Waals surface area contributed by atoms with Gasteiger partial charge in [-0.3, -0.25) is 4.79 Å². The zero-order chi connectivity index (χ0) is 36.5. The molecule has 0 unspecified atom stereocenters. The summed E-state index contributed by atoms with van der Waals surface area (Å²) in [7, 11) is 0. The molecule has 0 atom stereocenters. The highest BCUT2D eigenvalue weighted by atomic mass is 16.5. The molecule has 1 aromatic heterocycles. The monoisotopic (exact) mass is 712 g/mol. The first-order valence-electron chi connectivity index (χ1n) is 21.6. The van der Waals surface area contributed by atoms with E-state index in [1.165, 1.54) is 141 Å². The fourth-order valence-corrected chi connectivity index (χ4v) is 6.79. The maximum Gasteiger partial charge on any atom is 0.303 e. The molecule has 0 saturated carbocycles. The molecule has 7 nitrogen and oxygen atoms in total. The molecule has 0 aliphatic heterocycles. The third-order valence-corrected chi connectivity index (χ3v) is 10.0. The van der Waals surface area contributed by atoms with Gasteiger partial charge in [-0.15, -0.1) is 5.10 Å². The van der Waals surface area contributed by atoms with Crippen molar-refractivity contribution in [1.29, 1.82) is 0 Å². The van der Waals surface area contributed by atoms with Gasteiger partial charge in [0.05, 0.1) is 25.5 Å². The van der Waals surface area contributed by atoms with Crippen molar-refractivity contribution in [3.63, 3.8) is 0 Å². The van der Waals surface area contributed by atoms with Crippen molar-refractivity contribution < 1.29 is 19.4 Å². The largest absolute Gasteiger partial charge is 0.490 e. The van der Waals surface area contributed by atoms with Gasteiger partial charge in [0.25, 0.3) is 0 Å². The molecule has 0 bridgehead atoms. The van der Waals surface area contributed by atoms with Crippen LogP contribution in [0.3, 0.4) is 0 Å². The Morgan fingerprint density at radius 1 is 0.588 bits per heavy atom. The minimum absolute atomic E-state index is 0.300. The van der Waals surface area contributed by atoms with Crippen LogP contribution in [-0.4, -0.2) is 39.3 Å². The molecule has 1 aromatic carbocycles. The normalized spacial score (nSPS) is 11.3. The smallest absolute Gasteiger partial charge is 0.303 e. The summed E-state index contributed by atoms with van der Waals surface area (Å²) in [6.07, 6.45) is 38.7. The van der Waals surface area contributed by atoms with Gasteiger partial charge in [-0.1, -0.05) is 179 Å². The van der Waals surface area contributed by atoms with Gasteiger partial charge in [0.1, 0.15) is 0 Å². The van der Waals surface area contributed by atoms with E-state index >= 15 is 0 Å². The summed E-state index contributed by atoms with van der Waals surface area (Å²) >= 11 is 0. The lowest BCUT2D eigenvalue weighted by Crippen LogP contribution is -2.05. The van der Waals surface area contributed by atoms with Gasteiger partial charge in [0, 0.05) is 12.6 Å². The number of carbonyl (C=O) groups is 1. The molecule has 2 aromatic rings. The molecular formula is C44H77N3O4. The highest BCUT2D eigenvalue weighted by molar-refractivity contribution is 5.66. The number of rotatable bonds is 37. The minimum atomic E-state index is -0.682. The van der Waals surface area contributed by atoms with Crippen molar-refractivity contribution in [2.24, 2.45) is 0 Å². The average molecular weight is 712 g/mol. The zero-order valence-corrected chi connectivity index (χ0v) is 33.2. The summed E-state index contributed by atoms with van der Waals surface area (Å²) < 4.78 is 14.6. The van der Waals surface area contributed by atoms with E-state index in [1.54, 1.807) is 0 Å². The fraction of sp³-hybridized carbons (Fsp3) is 0.795. The van der Waals surface area contributed by atoms with E-state index in [-0.39, 0.29) is 0 Å². The molecule has 0 saturated heterocycles. The van der Waals surface area contributed by atoms with E-state index in [0.717, 1.165) is 80.9 Å². The molecule has 2 rings (SSSR count). The van der Waals surface area contributed by atoms with Crippen LogP contribution in [0, 0.1) is 0 Å². The van der Waals surface area contributed by atoms with Crippen molar-refractivity contribution >= 4 is 5.97 Å². The molecule has 1 N–H and O–H groups in total. The summed E-state index contributed by atoms with van der Waals surface area (Å²) in [6.45, 7) is 6.70. The Hall–Kier alpha value is -2.57. The molecule has 0 aliphatic rings. The number of aliphatic carboxylic acids is 1. The third-order valence-electron chi connectivity index (χ3n) is 10.0. The average Bonchev–Trinajstić information content (AvgIpc) is 3.57. The molecule has 7 heteroatoms. The van der Waals surface area contributed by atoms with Gasteiger partial charge in [-0.05, 0) is 49.8 Å². The number of benzene rings is 1. The Kier molecular flexibility index (Phi) is 28.1. The zero-order valence-electron chi connectivity index (χ0n) is 33.2. The number of carboxylic acid groups (broad SMARTS) is 1. The van der Waals surface area contributed by atoms with E-state index in [4.69, 9.17) is 14.6 Å². The Morgan fingerprint density at radius 3 is 1.55 bits per heavy atom. The number of carboxylic acids is 1. The summed E-state index contributed by atoms with van der Waals surface area (Å²) in [6, 6.07) is 6.38. The van der Waals surface area contributed by atoms with Crippen LogP contribution in [0.15, 0.2) is 24.4 Å². The second-order valence-corrected chi connectivity index (χ2v) is 15.0. The van der Waals surface area contributed by atoms with Crippen LogP contribution in [-0.2, 0) is 17.8 Å². The Labute approximate surface area is 313 Å². The van der Waals surface area contributed by atoms with Crippen LogP contribution < -0.4 is 9.47 Å². The van der Waals surface area contributed by atoms with E-state index in [2.05, 4.69) is 48.6 Å². The van der Waals surface area contributed by atoms with Crippen LogP contribution >= 0.6 is 0 Å². The van der Waals surface area contributed by atoms with Crippen LogP contribution in [0.1, 0.15) is 211 Å². The molecule has 0 aliphatic carbocycles. The maximum atomic E-state index is 10.6. The lowest BCUT2D eigenvalue weighted by molar-refractivity contribution is -0.137. The molecule has 51 heavy (non-hydrogen) atoms. The van der Waals surface area contributed by atoms with Crippen molar-refractivity contribution in [2.45, 2.75) is 213 Å². The van der Waals surface area contributed by atoms with Gasteiger partial charge < -0.3 is 14.6 Å². The highest BCUT2D eigenvalue weighted by Gasteiger charge is 2.10. The summed E-state index contributed by atoms with van der Waals surface area (Å²) in [5.74, 6) is 1.04. The van der Waals surface area contributed by atoms with Gasteiger partial charge in [0.15, 0.2) is 11.5 Å². The Bertz CT molecular complexity index is 1090. The third kappa shape index (κ3) is 25.1. The molecule has 1 heterocycles.